The number of nitrogens with zero attached hydrogens (tertiary/aromatic N) is 1. The van der Waals surface area contributed by atoms with E-state index in [1.807, 2.05) is 0 Å². The van der Waals surface area contributed by atoms with Crippen molar-refractivity contribution in [3.05, 3.63) is 50.4 Å². The Kier molecular flexibility index (Phi) is 4.07. The molecule has 0 aliphatic rings. The Labute approximate surface area is 118 Å². The van der Waals surface area contributed by atoms with Gasteiger partial charge in [0.2, 0.25) is 5.43 Å². The van der Waals surface area contributed by atoms with Gasteiger partial charge in [0, 0.05) is 12.1 Å². The summed E-state index contributed by atoms with van der Waals surface area (Å²) in [6, 6.07) is 1.35. The first-order valence-corrected chi connectivity index (χ1v) is 6.36. The Balaban J connectivity index is 2.20. The molecule has 6 nitrogen and oxygen atoms in total. The largest absolute Gasteiger partial charge is 0.502 e. The maximum Gasteiger partial charge on any atom is 0.433 e. The van der Waals surface area contributed by atoms with Crippen LogP contribution in [-0.4, -0.2) is 15.1 Å². The van der Waals surface area contributed by atoms with E-state index >= 15 is 0 Å². The van der Waals surface area contributed by atoms with Crippen molar-refractivity contribution in [2.75, 3.05) is 0 Å². The lowest BCUT2D eigenvalue weighted by molar-refractivity contribution is -0.141. The summed E-state index contributed by atoms with van der Waals surface area (Å²) >= 11 is 0.752. The second-order valence-corrected chi connectivity index (χ2v) is 4.78. The van der Waals surface area contributed by atoms with Gasteiger partial charge < -0.3 is 14.5 Å². The average Bonchev–Trinajstić information content (AvgIpc) is 2.38. The minimum Gasteiger partial charge on any atom is -0.502 e. The zero-order valence-electron chi connectivity index (χ0n) is 10.1. The second kappa shape index (κ2) is 5.64. The van der Waals surface area contributed by atoms with Gasteiger partial charge in [-0.3, -0.25) is 9.59 Å². The van der Waals surface area contributed by atoms with E-state index in [0.717, 1.165) is 24.1 Å². The van der Waals surface area contributed by atoms with Crippen molar-refractivity contribution < 1.29 is 22.7 Å². The fraction of sp³-hybridized carbons (Fsp3) is 0.182. The van der Waals surface area contributed by atoms with E-state index in [4.69, 9.17) is 9.52 Å². The monoisotopic (exact) mass is 320 g/mol. The molecule has 0 unspecified atom stereocenters. The van der Waals surface area contributed by atoms with Crippen LogP contribution in [0.15, 0.2) is 37.6 Å². The number of halogens is 3. The molecule has 2 aromatic heterocycles. The molecule has 10 heteroatoms. The van der Waals surface area contributed by atoms with Crippen LogP contribution in [0, 0.1) is 0 Å². The van der Waals surface area contributed by atoms with Crippen molar-refractivity contribution >= 4 is 11.8 Å². The summed E-state index contributed by atoms with van der Waals surface area (Å²) in [5, 5.41) is 8.73. The summed E-state index contributed by atoms with van der Waals surface area (Å²) < 4.78 is 42.4. The van der Waals surface area contributed by atoms with Crippen molar-refractivity contribution in [1.29, 1.82) is 0 Å². The number of H-pyrrole nitrogens is 1. The number of thioether (sulfide) groups is 1. The number of alkyl halides is 3. The fourth-order valence-corrected chi connectivity index (χ4v) is 2.07. The van der Waals surface area contributed by atoms with Gasteiger partial charge in [-0.2, -0.15) is 13.2 Å². The van der Waals surface area contributed by atoms with E-state index in [9.17, 15) is 22.8 Å². The molecular weight excluding hydrogens is 313 g/mol. The minimum absolute atomic E-state index is 0.0419. The van der Waals surface area contributed by atoms with Crippen molar-refractivity contribution in [3.63, 3.8) is 0 Å². The Morgan fingerprint density at radius 1 is 1.33 bits per heavy atom. The molecule has 0 atom stereocenters. The van der Waals surface area contributed by atoms with Gasteiger partial charge in [-0.1, -0.05) is 11.8 Å². The molecule has 0 spiro atoms. The number of rotatable bonds is 3. The van der Waals surface area contributed by atoms with Crippen LogP contribution in [-0.2, 0) is 11.9 Å². The van der Waals surface area contributed by atoms with Gasteiger partial charge in [-0.05, 0) is 0 Å². The van der Waals surface area contributed by atoms with E-state index < -0.39 is 28.6 Å². The maximum atomic E-state index is 12.5. The van der Waals surface area contributed by atoms with Crippen LogP contribution in [0.5, 0.6) is 5.75 Å². The molecule has 0 bridgehead atoms. The smallest absolute Gasteiger partial charge is 0.433 e. The van der Waals surface area contributed by atoms with E-state index in [1.54, 1.807) is 0 Å². The highest BCUT2D eigenvalue weighted by Gasteiger charge is 2.33. The molecule has 0 radical (unpaired) electrons. The predicted octanol–water partition coefficient (Wildman–Crippen LogP) is 1.74. The standard InChI is InChI=1S/C11H7F3N2O4S/c12-11(13,14)8-2-9(19)16-10(15-8)21-4-5-1-6(17)7(18)3-20-5/h1-3,18H,4H2,(H,15,16,19). The van der Waals surface area contributed by atoms with Gasteiger partial charge in [0.05, 0.1) is 5.75 Å². The van der Waals surface area contributed by atoms with Gasteiger partial charge in [0.15, 0.2) is 16.6 Å². The highest BCUT2D eigenvalue weighted by atomic mass is 32.2. The number of aromatic amines is 1. The second-order valence-electron chi connectivity index (χ2n) is 3.82. The number of nitrogens with one attached hydrogen (secondary N) is 1. The SMILES string of the molecule is O=c1cc(C(F)(F)F)nc(SCc2cc(=O)c(O)co2)[nH]1. The molecule has 0 aromatic carbocycles. The molecule has 0 saturated carbocycles. The number of aromatic hydroxyl groups is 1. The summed E-state index contributed by atoms with van der Waals surface area (Å²) in [5.41, 5.74) is -2.92. The Morgan fingerprint density at radius 3 is 2.67 bits per heavy atom. The van der Waals surface area contributed by atoms with Gasteiger partial charge in [0.25, 0.3) is 5.56 Å². The Bertz CT molecular complexity index is 769. The van der Waals surface area contributed by atoms with Gasteiger partial charge in [-0.25, -0.2) is 4.98 Å². The predicted molar refractivity (Wildman–Crippen MR) is 66.1 cm³/mol. The Hall–Kier alpha value is -2.23. The third-order valence-corrected chi connectivity index (χ3v) is 3.12. The molecule has 2 aromatic rings. The lowest BCUT2D eigenvalue weighted by Gasteiger charge is -2.06. The van der Waals surface area contributed by atoms with Crippen LogP contribution in [0.4, 0.5) is 13.2 Å². The Morgan fingerprint density at radius 2 is 2.05 bits per heavy atom. The van der Waals surface area contributed by atoms with Crippen LogP contribution in [0.1, 0.15) is 11.5 Å². The lowest BCUT2D eigenvalue weighted by atomic mass is 10.4. The van der Waals surface area contributed by atoms with Crippen LogP contribution >= 0.6 is 11.8 Å². The molecule has 0 fully saturated rings. The molecule has 2 heterocycles. The first kappa shape index (κ1) is 15.2. The summed E-state index contributed by atoms with van der Waals surface area (Å²) in [4.78, 5) is 27.7. The van der Waals surface area contributed by atoms with Crippen LogP contribution in [0.3, 0.4) is 0 Å². The highest BCUT2D eigenvalue weighted by Crippen LogP contribution is 2.28. The quantitative estimate of drug-likeness (QED) is 0.660. The molecule has 0 aliphatic carbocycles. The highest BCUT2D eigenvalue weighted by molar-refractivity contribution is 7.98. The first-order chi connectivity index (χ1) is 9.75. The molecule has 2 rings (SSSR count). The van der Waals surface area contributed by atoms with Crippen molar-refractivity contribution in [3.8, 4) is 5.75 Å². The number of aromatic nitrogens is 2. The van der Waals surface area contributed by atoms with E-state index in [2.05, 4.69) is 9.97 Å². The lowest BCUT2D eigenvalue weighted by Crippen LogP contribution is -2.16. The third-order valence-electron chi connectivity index (χ3n) is 2.23. The van der Waals surface area contributed by atoms with Crippen LogP contribution in [0.25, 0.3) is 0 Å². The van der Waals surface area contributed by atoms with Crippen molar-refractivity contribution in [2.45, 2.75) is 17.1 Å². The van der Waals surface area contributed by atoms with E-state index in [0.29, 0.717) is 6.07 Å². The van der Waals surface area contributed by atoms with Crippen molar-refractivity contribution in [1.82, 2.24) is 9.97 Å². The maximum absolute atomic E-state index is 12.5. The number of hydrogen-bond donors (Lipinski definition) is 2. The molecule has 0 saturated heterocycles. The van der Waals surface area contributed by atoms with Gasteiger partial charge in [0.1, 0.15) is 12.0 Å². The van der Waals surface area contributed by atoms with E-state index in [1.165, 1.54) is 0 Å². The molecule has 0 amide bonds. The normalized spacial score (nSPS) is 11.6. The summed E-state index contributed by atoms with van der Waals surface area (Å²) in [6.45, 7) is 0. The first-order valence-electron chi connectivity index (χ1n) is 5.38. The topological polar surface area (TPSA) is 96.2 Å². The fourth-order valence-electron chi connectivity index (χ4n) is 1.31. The van der Waals surface area contributed by atoms with Gasteiger partial charge in [-0.15, -0.1) is 0 Å². The molecule has 21 heavy (non-hydrogen) atoms. The zero-order chi connectivity index (χ0) is 15.6. The summed E-state index contributed by atoms with van der Waals surface area (Å²) in [5.74, 6) is -0.503. The molecule has 2 N–H and O–H groups in total. The minimum atomic E-state index is -4.73. The number of hydrogen-bond acceptors (Lipinski definition) is 6. The summed E-state index contributed by atoms with van der Waals surface area (Å²) in [7, 11) is 0. The zero-order valence-corrected chi connectivity index (χ0v) is 10.9. The summed E-state index contributed by atoms with van der Waals surface area (Å²) in [6.07, 6.45) is -3.91. The van der Waals surface area contributed by atoms with E-state index in [-0.39, 0.29) is 16.7 Å². The molecular formula is C11H7F3N2O4S. The van der Waals surface area contributed by atoms with Crippen LogP contribution in [0.2, 0.25) is 0 Å². The average molecular weight is 320 g/mol. The van der Waals surface area contributed by atoms with Crippen LogP contribution < -0.4 is 11.0 Å². The van der Waals surface area contributed by atoms with Gasteiger partial charge >= 0.3 is 6.18 Å². The van der Waals surface area contributed by atoms with Crippen molar-refractivity contribution in [2.24, 2.45) is 0 Å². The molecule has 112 valence electrons. The third kappa shape index (κ3) is 3.88. The molecule has 0 aliphatic heterocycles.